The summed E-state index contributed by atoms with van der Waals surface area (Å²) in [7, 11) is 0. The number of amides is 1. The third-order valence-electron chi connectivity index (χ3n) is 5.28. The Morgan fingerprint density at radius 1 is 1.17 bits per heavy atom. The van der Waals surface area contributed by atoms with E-state index in [2.05, 4.69) is 0 Å². The van der Waals surface area contributed by atoms with E-state index in [4.69, 9.17) is 16.9 Å². The fourth-order valence-electron chi connectivity index (χ4n) is 3.90. The first-order chi connectivity index (χ1) is 14.5. The predicted molar refractivity (Wildman–Crippen MR) is 114 cm³/mol. The zero-order chi connectivity index (χ0) is 21.3. The Morgan fingerprint density at radius 3 is 2.63 bits per heavy atom. The standard InChI is InChI=1S/C23H18ClN3O3/c24-18-7-6-16-8-10-27-21(19(16)13-18)17(14-26(11-9-25)23(29)30)12-20(22(27)28)15-4-2-1-3-5-15/h1-7,12-13H,8,10-11,14H2,(H,29,30). The summed E-state index contributed by atoms with van der Waals surface area (Å²) in [6.45, 7) is 0.211. The molecule has 2 heterocycles. The van der Waals surface area contributed by atoms with Crippen LogP contribution in [0.5, 0.6) is 0 Å². The Morgan fingerprint density at radius 2 is 1.93 bits per heavy atom. The van der Waals surface area contributed by atoms with Gasteiger partial charge in [-0.3, -0.25) is 9.69 Å². The zero-order valence-corrected chi connectivity index (χ0v) is 16.8. The molecular formula is C23H18ClN3O3. The van der Waals surface area contributed by atoms with Crippen molar-refractivity contribution in [2.75, 3.05) is 6.54 Å². The van der Waals surface area contributed by atoms with Crippen LogP contribution in [0.25, 0.3) is 22.4 Å². The SMILES string of the molecule is N#CCN(Cc1cc(-c2ccccc2)c(=O)n2c1-c1cc(Cl)ccc1CC2)C(=O)O. The molecule has 1 aromatic heterocycles. The molecule has 7 heteroatoms. The van der Waals surface area contributed by atoms with Gasteiger partial charge in [0.05, 0.1) is 18.3 Å². The third kappa shape index (κ3) is 3.56. The Kier molecular flexibility index (Phi) is 5.30. The minimum atomic E-state index is -1.19. The van der Waals surface area contributed by atoms with Gasteiger partial charge in [0.2, 0.25) is 0 Å². The molecule has 0 radical (unpaired) electrons. The van der Waals surface area contributed by atoms with Crippen LogP contribution in [0.1, 0.15) is 11.1 Å². The number of halogens is 1. The molecule has 3 aromatic rings. The predicted octanol–water partition coefficient (Wildman–Crippen LogP) is 4.40. The molecule has 1 aliphatic rings. The van der Waals surface area contributed by atoms with E-state index in [9.17, 15) is 14.7 Å². The van der Waals surface area contributed by atoms with Crippen molar-refractivity contribution in [3.05, 3.63) is 81.1 Å². The van der Waals surface area contributed by atoms with Crippen LogP contribution in [0.4, 0.5) is 4.79 Å². The fraction of sp³-hybridized carbons (Fsp3) is 0.174. The number of hydrogen-bond donors (Lipinski definition) is 1. The smallest absolute Gasteiger partial charge is 0.408 e. The molecule has 4 rings (SSSR count). The van der Waals surface area contributed by atoms with Crippen molar-refractivity contribution in [3.8, 4) is 28.5 Å². The highest BCUT2D eigenvalue weighted by Crippen LogP contribution is 2.35. The highest BCUT2D eigenvalue weighted by molar-refractivity contribution is 6.30. The number of aromatic nitrogens is 1. The van der Waals surface area contributed by atoms with Gasteiger partial charge < -0.3 is 9.67 Å². The van der Waals surface area contributed by atoms with Gasteiger partial charge in [-0.25, -0.2) is 4.79 Å². The summed E-state index contributed by atoms with van der Waals surface area (Å²) in [5.41, 5.74) is 4.33. The molecule has 0 unspecified atom stereocenters. The number of pyridine rings is 1. The number of benzene rings is 2. The van der Waals surface area contributed by atoms with Crippen LogP contribution in [0.15, 0.2) is 59.4 Å². The Balaban J connectivity index is 1.98. The number of fused-ring (bicyclic) bond motifs is 3. The summed E-state index contributed by atoms with van der Waals surface area (Å²) in [4.78, 5) is 26.1. The first-order valence-corrected chi connectivity index (χ1v) is 9.83. The fourth-order valence-corrected chi connectivity index (χ4v) is 4.08. The Labute approximate surface area is 178 Å². The number of carboxylic acid groups (broad SMARTS) is 1. The number of aryl methyl sites for hydroxylation is 1. The summed E-state index contributed by atoms with van der Waals surface area (Å²) in [5, 5.41) is 19.1. The van der Waals surface area contributed by atoms with E-state index in [1.165, 1.54) is 0 Å². The molecule has 0 spiro atoms. The molecule has 0 saturated carbocycles. The van der Waals surface area contributed by atoms with Crippen molar-refractivity contribution in [2.24, 2.45) is 0 Å². The second kappa shape index (κ2) is 8.05. The van der Waals surface area contributed by atoms with E-state index in [1.807, 2.05) is 54.6 Å². The Bertz CT molecular complexity index is 1230. The lowest BCUT2D eigenvalue weighted by molar-refractivity contribution is 0.148. The molecule has 1 amide bonds. The summed E-state index contributed by atoms with van der Waals surface area (Å²) in [6.07, 6.45) is -0.511. The van der Waals surface area contributed by atoms with E-state index in [1.54, 1.807) is 10.6 Å². The zero-order valence-electron chi connectivity index (χ0n) is 16.0. The first kappa shape index (κ1) is 19.7. The van der Waals surface area contributed by atoms with E-state index >= 15 is 0 Å². The molecule has 0 fully saturated rings. The van der Waals surface area contributed by atoms with Crippen LogP contribution >= 0.6 is 11.6 Å². The topological polar surface area (TPSA) is 86.3 Å². The molecule has 0 aliphatic carbocycles. The molecule has 0 saturated heterocycles. The lowest BCUT2D eigenvalue weighted by Crippen LogP contribution is -2.33. The van der Waals surface area contributed by atoms with Crippen LogP contribution < -0.4 is 5.56 Å². The molecule has 0 bridgehead atoms. The highest BCUT2D eigenvalue weighted by Gasteiger charge is 2.25. The van der Waals surface area contributed by atoms with E-state index in [0.717, 1.165) is 21.6 Å². The van der Waals surface area contributed by atoms with Crippen molar-refractivity contribution < 1.29 is 9.90 Å². The highest BCUT2D eigenvalue weighted by atomic mass is 35.5. The summed E-state index contributed by atoms with van der Waals surface area (Å²) in [6, 6.07) is 18.5. The lowest BCUT2D eigenvalue weighted by Gasteiger charge is -2.27. The maximum Gasteiger partial charge on any atom is 0.408 e. The van der Waals surface area contributed by atoms with E-state index in [0.29, 0.717) is 34.8 Å². The van der Waals surface area contributed by atoms with Crippen LogP contribution in [0, 0.1) is 11.3 Å². The minimum absolute atomic E-state index is 0.00963. The van der Waals surface area contributed by atoms with Gasteiger partial charge >= 0.3 is 6.09 Å². The number of carbonyl (C=O) groups is 1. The molecule has 150 valence electrons. The molecule has 1 aliphatic heterocycles. The second-order valence-electron chi connectivity index (χ2n) is 7.10. The largest absolute Gasteiger partial charge is 0.465 e. The molecule has 1 N–H and O–H groups in total. The van der Waals surface area contributed by atoms with Crippen LogP contribution in [-0.4, -0.2) is 27.2 Å². The van der Waals surface area contributed by atoms with Gasteiger partial charge in [-0.05, 0) is 41.3 Å². The van der Waals surface area contributed by atoms with Crippen LogP contribution in [-0.2, 0) is 19.5 Å². The van der Waals surface area contributed by atoms with Gasteiger partial charge in [-0.1, -0.05) is 48.0 Å². The molecular weight excluding hydrogens is 402 g/mol. The second-order valence-corrected chi connectivity index (χ2v) is 7.54. The molecule has 30 heavy (non-hydrogen) atoms. The number of rotatable bonds is 4. The monoisotopic (exact) mass is 419 g/mol. The van der Waals surface area contributed by atoms with E-state index < -0.39 is 6.09 Å². The van der Waals surface area contributed by atoms with Crippen molar-refractivity contribution in [1.82, 2.24) is 9.47 Å². The van der Waals surface area contributed by atoms with Crippen molar-refractivity contribution in [1.29, 1.82) is 5.26 Å². The third-order valence-corrected chi connectivity index (χ3v) is 5.51. The van der Waals surface area contributed by atoms with Crippen LogP contribution in [0.2, 0.25) is 5.02 Å². The van der Waals surface area contributed by atoms with E-state index in [-0.39, 0.29) is 18.6 Å². The van der Waals surface area contributed by atoms with Crippen molar-refractivity contribution in [3.63, 3.8) is 0 Å². The maximum atomic E-state index is 13.4. The first-order valence-electron chi connectivity index (χ1n) is 9.45. The number of nitrogens with zero attached hydrogens (tertiary/aromatic N) is 3. The van der Waals surface area contributed by atoms with Gasteiger partial charge in [0.15, 0.2) is 0 Å². The minimum Gasteiger partial charge on any atom is -0.465 e. The molecule has 0 atom stereocenters. The quantitative estimate of drug-likeness (QED) is 0.635. The van der Waals surface area contributed by atoms with Gasteiger partial charge in [0.1, 0.15) is 6.54 Å². The molecule has 2 aromatic carbocycles. The summed E-state index contributed by atoms with van der Waals surface area (Å²) >= 11 is 6.23. The van der Waals surface area contributed by atoms with Gasteiger partial charge in [-0.15, -0.1) is 0 Å². The average Bonchev–Trinajstić information content (AvgIpc) is 2.75. The molecule has 6 nitrogen and oxygen atoms in total. The van der Waals surface area contributed by atoms with Gasteiger partial charge in [0, 0.05) is 22.7 Å². The normalized spacial score (nSPS) is 11.9. The Hall–Kier alpha value is -3.56. The van der Waals surface area contributed by atoms with Gasteiger partial charge in [0.25, 0.3) is 5.56 Å². The average molecular weight is 420 g/mol. The number of hydrogen-bond acceptors (Lipinski definition) is 3. The summed E-state index contributed by atoms with van der Waals surface area (Å²) < 4.78 is 1.70. The van der Waals surface area contributed by atoms with Crippen LogP contribution in [0.3, 0.4) is 0 Å². The number of nitriles is 1. The van der Waals surface area contributed by atoms with Gasteiger partial charge in [-0.2, -0.15) is 5.26 Å². The summed E-state index contributed by atoms with van der Waals surface area (Å²) in [5.74, 6) is 0. The van der Waals surface area contributed by atoms with Crippen molar-refractivity contribution in [2.45, 2.75) is 19.5 Å². The van der Waals surface area contributed by atoms with Crippen molar-refractivity contribution >= 4 is 17.7 Å². The lowest BCUT2D eigenvalue weighted by atomic mass is 9.92. The maximum absolute atomic E-state index is 13.4.